The molecule has 1 N–H and O–H groups in total. The molecule has 2 heteroatoms. The van der Waals surface area contributed by atoms with Crippen LogP contribution in [-0.2, 0) is 0 Å². The van der Waals surface area contributed by atoms with Crippen molar-refractivity contribution in [1.29, 1.82) is 0 Å². The first-order valence-corrected chi connectivity index (χ1v) is 7.34. The first-order valence-electron chi connectivity index (χ1n) is 7.34. The molecule has 0 aromatic carbocycles. The molecule has 0 saturated heterocycles. The molecule has 0 spiro atoms. The van der Waals surface area contributed by atoms with E-state index in [9.17, 15) is 0 Å². The molecule has 1 aliphatic carbocycles. The summed E-state index contributed by atoms with van der Waals surface area (Å²) in [5.74, 6) is 0.944. The van der Waals surface area contributed by atoms with Gasteiger partial charge in [-0.2, -0.15) is 0 Å². The maximum atomic E-state index is 3.70. The van der Waals surface area contributed by atoms with Gasteiger partial charge in [0.2, 0.25) is 0 Å². The van der Waals surface area contributed by atoms with Gasteiger partial charge in [-0.05, 0) is 51.1 Å². The van der Waals surface area contributed by atoms with Crippen molar-refractivity contribution in [2.24, 2.45) is 11.3 Å². The van der Waals surface area contributed by atoms with Crippen molar-refractivity contribution in [2.75, 3.05) is 27.2 Å². The van der Waals surface area contributed by atoms with Crippen LogP contribution in [-0.4, -0.2) is 38.1 Å². The minimum absolute atomic E-state index is 0.550. The first kappa shape index (κ1) is 15.0. The van der Waals surface area contributed by atoms with E-state index in [2.05, 4.69) is 45.1 Å². The van der Waals surface area contributed by atoms with Gasteiger partial charge < -0.3 is 10.2 Å². The van der Waals surface area contributed by atoms with Crippen LogP contribution >= 0.6 is 0 Å². The van der Waals surface area contributed by atoms with Gasteiger partial charge in [-0.1, -0.05) is 27.2 Å². The fraction of sp³-hybridized carbons (Fsp3) is 1.00. The van der Waals surface area contributed by atoms with Crippen LogP contribution in [0, 0.1) is 11.3 Å². The molecular formula is C15H32N2. The monoisotopic (exact) mass is 240 g/mol. The van der Waals surface area contributed by atoms with Crippen LogP contribution in [0.25, 0.3) is 0 Å². The van der Waals surface area contributed by atoms with Crippen molar-refractivity contribution in [3.63, 3.8) is 0 Å². The standard InChI is InChI=1S/C15H32N2/c1-6-15(2,3)13-7-9-14(10-8-13)16-11-12-17(4)5/h13-14,16H,6-12H2,1-5H3. The molecule has 0 radical (unpaired) electrons. The average molecular weight is 240 g/mol. The van der Waals surface area contributed by atoms with E-state index in [0.29, 0.717) is 5.41 Å². The van der Waals surface area contributed by atoms with Crippen LogP contribution in [0.2, 0.25) is 0 Å². The van der Waals surface area contributed by atoms with Crippen molar-refractivity contribution in [3.8, 4) is 0 Å². The summed E-state index contributed by atoms with van der Waals surface area (Å²) in [7, 11) is 4.28. The molecule has 0 amide bonds. The molecule has 0 aliphatic heterocycles. The minimum atomic E-state index is 0.550. The minimum Gasteiger partial charge on any atom is -0.313 e. The van der Waals surface area contributed by atoms with Crippen LogP contribution in [0.3, 0.4) is 0 Å². The fourth-order valence-corrected chi connectivity index (χ4v) is 2.86. The molecule has 0 aromatic heterocycles. The van der Waals surface area contributed by atoms with E-state index in [1.165, 1.54) is 32.1 Å². The average Bonchev–Trinajstić information content (AvgIpc) is 2.29. The lowest BCUT2D eigenvalue weighted by atomic mass is 9.69. The third-order valence-corrected chi connectivity index (χ3v) is 4.74. The molecule has 0 bridgehead atoms. The molecule has 1 aliphatic rings. The normalized spacial score (nSPS) is 26.5. The lowest BCUT2D eigenvalue weighted by Crippen LogP contribution is -2.39. The van der Waals surface area contributed by atoms with Gasteiger partial charge in [-0.3, -0.25) is 0 Å². The summed E-state index contributed by atoms with van der Waals surface area (Å²) in [5.41, 5.74) is 0.550. The zero-order chi connectivity index (χ0) is 12.9. The first-order chi connectivity index (χ1) is 7.95. The van der Waals surface area contributed by atoms with Crippen LogP contribution in [0.5, 0.6) is 0 Å². The summed E-state index contributed by atoms with van der Waals surface area (Å²) in [6, 6.07) is 0.777. The van der Waals surface area contributed by atoms with Crippen molar-refractivity contribution < 1.29 is 0 Å². The molecular weight excluding hydrogens is 208 g/mol. The molecule has 1 saturated carbocycles. The number of hydrogen-bond donors (Lipinski definition) is 1. The summed E-state index contributed by atoms with van der Waals surface area (Å²) >= 11 is 0. The van der Waals surface area contributed by atoms with Crippen molar-refractivity contribution >= 4 is 0 Å². The smallest absolute Gasteiger partial charge is 0.0101 e. The molecule has 17 heavy (non-hydrogen) atoms. The largest absolute Gasteiger partial charge is 0.313 e. The molecule has 0 atom stereocenters. The highest BCUT2D eigenvalue weighted by molar-refractivity contribution is 4.84. The maximum absolute atomic E-state index is 3.70. The van der Waals surface area contributed by atoms with Gasteiger partial charge >= 0.3 is 0 Å². The van der Waals surface area contributed by atoms with Gasteiger partial charge in [0.25, 0.3) is 0 Å². The predicted molar refractivity (Wildman–Crippen MR) is 76.4 cm³/mol. The highest BCUT2D eigenvalue weighted by Gasteiger charge is 2.31. The Morgan fingerprint density at radius 2 is 1.71 bits per heavy atom. The van der Waals surface area contributed by atoms with Gasteiger partial charge in [0.05, 0.1) is 0 Å². The van der Waals surface area contributed by atoms with Crippen LogP contribution in [0.15, 0.2) is 0 Å². The van der Waals surface area contributed by atoms with Crippen molar-refractivity contribution in [3.05, 3.63) is 0 Å². The lowest BCUT2D eigenvalue weighted by molar-refractivity contribution is 0.136. The second kappa shape index (κ2) is 6.75. The molecule has 0 unspecified atom stereocenters. The Bertz CT molecular complexity index is 203. The number of nitrogens with zero attached hydrogens (tertiary/aromatic N) is 1. The van der Waals surface area contributed by atoms with Crippen LogP contribution < -0.4 is 5.32 Å². The lowest BCUT2D eigenvalue weighted by Gasteiger charge is -2.39. The van der Waals surface area contributed by atoms with Gasteiger partial charge in [0.1, 0.15) is 0 Å². The van der Waals surface area contributed by atoms with Crippen LogP contribution in [0.1, 0.15) is 52.9 Å². The fourth-order valence-electron chi connectivity index (χ4n) is 2.86. The van der Waals surface area contributed by atoms with E-state index in [-0.39, 0.29) is 0 Å². The summed E-state index contributed by atoms with van der Waals surface area (Å²) in [6.45, 7) is 9.51. The number of rotatable bonds is 6. The highest BCUT2D eigenvalue weighted by Crippen LogP contribution is 2.40. The van der Waals surface area contributed by atoms with E-state index in [1.807, 2.05) is 0 Å². The van der Waals surface area contributed by atoms with Gasteiger partial charge in [-0.15, -0.1) is 0 Å². The Kier molecular flexibility index (Phi) is 5.94. The SMILES string of the molecule is CCC(C)(C)C1CCC(NCCN(C)C)CC1. The molecule has 1 fully saturated rings. The van der Waals surface area contributed by atoms with E-state index in [1.54, 1.807) is 0 Å². The second-order valence-electron chi connectivity index (χ2n) is 6.65. The maximum Gasteiger partial charge on any atom is 0.0101 e. The van der Waals surface area contributed by atoms with Crippen molar-refractivity contribution in [1.82, 2.24) is 10.2 Å². The number of nitrogens with one attached hydrogen (secondary N) is 1. The van der Waals surface area contributed by atoms with Gasteiger partial charge in [-0.25, -0.2) is 0 Å². The second-order valence-corrected chi connectivity index (χ2v) is 6.65. The van der Waals surface area contributed by atoms with Gasteiger partial charge in [0.15, 0.2) is 0 Å². The van der Waals surface area contributed by atoms with E-state index < -0.39 is 0 Å². The summed E-state index contributed by atoms with van der Waals surface area (Å²) in [5, 5.41) is 3.70. The van der Waals surface area contributed by atoms with E-state index in [0.717, 1.165) is 25.0 Å². The molecule has 2 nitrogen and oxygen atoms in total. The van der Waals surface area contributed by atoms with E-state index >= 15 is 0 Å². The Morgan fingerprint density at radius 3 is 2.18 bits per heavy atom. The number of likely N-dealkylation sites (N-methyl/N-ethyl adjacent to an activating group) is 1. The Labute approximate surface area is 108 Å². The van der Waals surface area contributed by atoms with Crippen molar-refractivity contribution in [2.45, 2.75) is 58.9 Å². The summed E-state index contributed by atoms with van der Waals surface area (Å²) < 4.78 is 0. The topological polar surface area (TPSA) is 15.3 Å². The highest BCUT2D eigenvalue weighted by atomic mass is 15.1. The Balaban J connectivity index is 2.22. The van der Waals surface area contributed by atoms with E-state index in [4.69, 9.17) is 0 Å². The quantitative estimate of drug-likeness (QED) is 0.767. The molecule has 0 heterocycles. The Morgan fingerprint density at radius 1 is 1.12 bits per heavy atom. The van der Waals surface area contributed by atoms with Crippen LogP contribution in [0.4, 0.5) is 0 Å². The Hall–Kier alpha value is -0.0800. The summed E-state index contributed by atoms with van der Waals surface area (Å²) in [4.78, 5) is 2.25. The predicted octanol–water partition coefficient (Wildman–Crippen LogP) is 3.13. The zero-order valence-electron chi connectivity index (χ0n) is 12.6. The molecule has 0 aromatic rings. The molecule has 102 valence electrons. The molecule has 1 rings (SSSR count). The number of hydrogen-bond acceptors (Lipinski definition) is 2. The summed E-state index contributed by atoms with van der Waals surface area (Å²) in [6.07, 6.45) is 6.90. The van der Waals surface area contributed by atoms with Gasteiger partial charge in [0, 0.05) is 19.1 Å². The third kappa shape index (κ3) is 4.97. The third-order valence-electron chi connectivity index (χ3n) is 4.74. The zero-order valence-corrected chi connectivity index (χ0v) is 12.6.